The van der Waals surface area contributed by atoms with Crippen LogP contribution in [0.3, 0.4) is 0 Å². The van der Waals surface area contributed by atoms with E-state index in [0.29, 0.717) is 0 Å². The number of halogens is 2. The lowest BCUT2D eigenvalue weighted by Crippen LogP contribution is -2.08. The summed E-state index contributed by atoms with van der Waals surface area (Å²) >= 11 is 0. The lowest BCUT2D eigenvalue weighted by Gasteiger charge is -2.07. The minimum absolute atomic E-state index is 0.0887. The molecule has 0 spiro atoms. The summed E-state index contributed by atoms with van der Waals surface area (Å²) in [6, 6.07) is 3.06. The van der Waals surface area contributed by atoms with Crippen LogP contribution in [-0.4, -0.2) is 22.7 Å². The first-order valence-electron chi connectivity index (χ1n) is 4.33. The molecule has 1 rings (SSSR count). The van der Waals surface area contributed by atoms with Crippen molar-refractivity contribution in [1.29, 1.82) is 0 Å². The van der Waals surface area contributed by atoms with Crippen molar-refractivity contribution in [2.24, 2.45) is 0 Å². The third kappa shape index (κ3) is 3.84. The van der Waals surface area contributed by atoms with Gasteiger partial charge in [0, 0.05) is 34.0 Å². The molecular formula is C8H7Cl2NO5S2. The summed E-state index contributed by atoms with van der Waals surface area (Å²) in [7, 11) is 1.62. The third-order valence-corrected chi connectivity index (χ3v) is 4.66. The lowest BCUT2D eigenvalue weighted by molar-refractivity contribution is -0.114. The van der Waals surface area contributed by atoms with Gasteiger partial charge in [-0.1, -0.05) is 0 Å². The van der Waals surface area contributed by atoms with E-state index < -0.39 is 33.8 Å². The van der Waals surface area contributed by atoms with Gasteiger partial charge in [0.2, 0.25) is 5.91 Å². The van der Waals surface area contributed by atoms with Crippen molar-refractivity contribution in [3.63, 3.8) is 0 Å². The zero-order valence-corrected chi connectivity index (χ0v) is 12.0. The Labute approximate surface area is 113 Å². The standard InChI is InChI=1S/C8H7Cl2NO5S2/c1-5(12)11-6-2-3-7(17(9,13)14)8(4-6)18(10,15)16/h2-4H,1H3,(H,11,12). The molecule has 0 unspecified atom stereocenters. The quantitative estimate of drug-likeness (QED) is 0.846. The number of rotatable bonds is 3. The van der Waals surface area contributed by atoms with Gasteiger partial charge >= 0.3 is 0 Å². The van der Waals surface area contributed by atoms with Gasteiger partial charge in [0.05, 0.1) is 0 Å². The Morgan fingerprint density at radius 3 is 1.94 bits per heavy atom. The first-order valence-corrected chi connectivity index (χ1v) is 8.94. The van der Waals surface area contributed by atoms with E-state index in [1.807, 2.05) is 0 Å². The van der Waals surface area contributed by atoms with Crippen LogP contribution in [0.2, 0.25) is 0 Å². The topological polar surface area (TPSA) is 97.4 Å². The second kappa shape index (κ2) is 5.04. The number of hydrogen-bond acceptors (Lipinski definition) is 5. The monoisotopic (exact) mass is 331 g/mol. The molecule has 0 atom stereocenters. The first kappa shape index (κ1) is 15.2. The molecule has 0 aliphatic heterocycles. The highest BCUT2D eigenvalue weighted by Crippen LogP contribution is 2.29. The predicted octanol–water partition coefficient (Wildman–Crippen LogP) is 1.50. The van der Waals surface area contributed by atoms with Gasteiger partial charge < -0.3 is 5.32 Å². The molecule has 1 aromatic carbocycles. The van der Waals surface area contributed by atoms with Gasteiger partial charge in [-0.05, 0) is 18.2 Å². The van der Waals surface area contributed by atoms with Crippen molar-refractivity contribution in [3.8, 4) is 0 Å². The van der Waals surface area contributed by atoms with Gasteiger partial charge in [-0.15, -0.1) is 0 Å². The van der Waals surface area contributed by atoms with Crippen LogP contribution in [-0.2, 0) is 22.9 Å². The molecule has 0 saturated heterocycles. The fraction of sp³-hybridized carbons (Fsp3) is 0.125. The molecule has 1 aromatic rings. The average Bonchev–Trinajstić information content (AvgIpc) is 2.13. The number of carbonyl (C=O) groups is 1. The van der Waals surface area contributed by atoms with E-state index in [4.69, 9.17) is 21.4 Å². The minimum Gasteiger partial charge on any atom is -0.326 e. The molecule has 0 radical (unpaired) electrons. The molecule has 0 aromatic heterocycles. The molecule has 0 fully saturated rings. The molecule has 6 nitrogen and oxygen atoms in total. The Balaban J connectivity index is 3.55. The predicted molar refractivity (Wildman–Crippen MR) is 66.8 cm³/mol. The molecule has 10 heteroatoms. The van der Waals surface area contributed by atoms with Gasteiger partial charge in [0.15, 0.2) is 0 Å². The fourth-order valence-corrected chi connectivity index (χ4v) is 4.01. The molecule has 100 valence electrons. The SMILES string of the molecule is CC(=O)Nc1ccc(S(=O)(=O)Cl)c(S(=O)(=O)Cl)c1. The van der Waals surface area contributed by atoms with Crippen molar-refractivity contribution >= 4 is 51.1 Å². The summed E-state index contributed by atoms with van der Waals surface area (Å²) in [6.07, 6.45) is 0. The molecule has 0 aliphatic carbocycles. The fourth-order valence-electron chi connectivity index (χ4n) is 1.18. The van der Waals surface area contributed by atoms with E-state index in [1.54, 1.807) is 0 Å². The van der Waals surface area contributed by atoms with Crippen LogP contribution in [0.4, 0.5) is 5.69 Å². The zero-order chi connectivity index (χ0) is 14.1. The Bertz CT molecular complexity index is 696. The van der Waals surface area contributed by atoms with Crippen LogP contribution in [0.25, 0.3) is 0 Å². The van der Waals surface area contributed by atoms with Crippen molar-refractivity contribution in [3.05, 3.63) is 18.2 Å². The smallest absolute Gasteiger partial charge is 0.262 e. The van der Waals surface area contributed by atoms with Gasteiger partial charge in [-0.2, -0.15) is 0 Å². The Morgan fingerprint density at radius 1 is 1.06 bits per heavy atom. The van der Waals surface area contributed by atoms with Gasteiger partial charge in [0.1, 0.15) is 9.79 Å². The molecular weight excluding hydrogens is 325 g/mol. The van der Waals surface area contributed by atoms with Gasteiger partial charge in [0.25, 0.3) is 18.1 Å². The lowest BCUT2D eigenvalue weighted by atomic mass is 10.3. The van der Waals surface area contributed by atoms with Crippen molar-refractivity contribution in [2.75, 3.05) is 5.32 Å². The number of amides is 1. The summed E-state index contributed by atoms with van der Waals surface area (Å²) < 4.78 is 44.9. The summed E-state index contributed by atoms with van der Waals surface area (Å²) in [5.41, 5.74) is 0.0887. The second-order valence-electron chi connectivity index (χ2n) is 3.22. The number of nitrogens with one attached hydrogen (secondary N) is 1. The Kier molecular flexibility index (Phi) is 4.26. The molecule has 1 N–H and O–H groups in total. The highest BCUT2D eigenvalue weighted by molar-refractivity contribution is 8.16. The van der Waals surface area contributed by atoms with E-state index in [0.717, 1.165) is 12.1 Å². The van der Waals surface area contributed by atoms with Crippen molar-refractivity contribution < 1.29 is 21.6 Å². The van der Waals surface area contributed by atoms with E-state index in [9.17, 15) is 21.6 Å². The molecule has 0 aliphatic rings. The summed E-state index contributed by atoms with van der Waals surface area (Å²) in [4.78, 5) is 9.48. The molecule has 0 bridgehead atoms. The normalized spacial score (nSPS) is 12.2. The Morgan fingerprint density at radius 2 is 1.56 bits per heavy atom. The maximum atomic E-state index is 11.3. The van der Waals surface area contributed by atoms with E-state index in [2.05, 4.69) is 5.32 Å². The van der Waals surface area contributed by atoms with Crippen LogP contribution in [0.1, 0.15) is 6.92 Å². The van der Waals surface area contributed by atoms with E-state index in [1.165, 1.54) is 13.0 Å². The third-order valence-electron chi connectivity index (χ3n) is 1.79. The van der Waals surface area contributed by atoms with Gasteiger partial charge in [-0.3, -0.25) is 4.79 Å². The molecule has 0 heterocycles. The van der Waals surface area contributed by atoms with Crippen molar-refractivity contribution in [1.82, 2.24) is 0 Å². The van der Waals surface area contributed by atoms with Crippen LogP contribution < -0.4 is 5.32 Å². The van der Waals surface area contributed by atoms with Crippen LogP contribution in [0.15, 0.2) is 28.0 Å². The maximum Gasteiger partial charge on any atom is 0.262 e. The van der Waals surface area contributed by atoms with Gasteiger partial charge in [-0.25, -0.2) is 16.8 Å². The number of benzene rings is 1. The highest BCUT2D eigenvalue weighted by atomic mass is 35.7. The molecule has 0 saturated carbocycles. The van der Waals surface area contributed by atoms with E-state index >= 15 is 0 Å². The zero-order valence-electron chi connectivity index (χ0n) is 8.85. The summed E-state index contributed by atoms with van der Waals surface area (Å²) in [5, 5.41) is 2.30. The molecule has 1 amide bonds. The number of anilines is 1. The maximum absolute atomic E-state index is 11.3. The summed E-state index contributed by atoms with van der Waals surface area (Å²) in [5.74, 6) is -0.450. The number of carbonyl (C=O) groups excluding carboxylic acids is 1. The second-order valence-corrected chi connectivity index (χ2v) is 8.29. The van der Waals surface area contributed by atoms with E-state index in [-0.39, 0.29) is 5.69 Å². The first-order chi connectivity index (χ1) is 8.01. The van der Waals surface area contributed by atoms with Crippen LogP contribution >= 0.6 is 21.4 Å². The van der Waals surface area contributed by atoms with Crippen LogP contribution in [0.5, 0.6) is 0 Å². The van der Waals surface area contributed by atoms with Crippen LogP contribution in [0, 0.1) is 0 Å². The summed E-state index contributed by atoms with van der Waals surface area (Å²) in [6.45, 7) is 1.21. The molecule has 18 heavy (non-hydrogen) atoms. The average molecular weight is 332 g/mol. The Hall–Kier alpha value is -0.830. The minimum atomic E-state index is -4.32. The van der Waals surface area contributed by atoms with Crippen molar-refractivity contribution in [2.45, 2.75) is 16.7 Å². The number of hydrogen-bond donors (Lipinski definition) is 1. The largest absolute Gasteiger partial charge is 0.326 e. The highest BCUT2D eigenvalue weighted by Gasteiger charge is 2.24.